The molecule has 88 valence electrons. The summed E-state index contributed by atoms with van der Waals surface area (Å²) in [7, 11) is 0. The van der Waals surface area contributed by atoms with Crippen molar-refractivity contribution in [1.29, 1.82) is 0 Å². The molecule has 1 heterocycles. The molecule has 1 saturated carbocycles. The molecular weight excluding hydrogens is 214 g/mol. The molecule has 1 aliphatic rings. The van der Waals surface area contributed by atoms with Gasteiger partial charge in [-0.1, -0.05) is 19.1 Å². The van der Waals surface area contributed by atoms with Gasteiger partial charge in [-0.15, -0.1) is 0 Å². The number of para-hydroxylation sites is 2. The molecule has 0 spiro atoms. The highest BCUT2D eigenvalue weighted by atomic mass is 16.2. The first-order valence-corrected chi connectivity index (χ1v) is 5.99. The molecule has 1 amide bonds. The zero-order valence-electron chi connectivity index (χ0n) is 9.73. The van der Waals surface area contributed by atoms with Crippen LogP contribution in [0.2, 0.25) is 0 Å². The number of carbonyl (C=O) groups excluding carboxylic acids is 1. The third-order valence-electron chi connectivity index (χ3n) is 3.37. The maximum absolute atomic E-state index is 11.9. The first-order chi connectivity index (χ1) is 8.24. The highest BCUT2D eigenvalue weighted by Gasteiger charge is 2.32. The molecule has 1 fully saturated rings. The Balaban J connectivity index is 1.77. The van der Waals surface area contributed by atoms with Crippen molar-refractivity contribution in [3.63, 3.8) is 0 Å². The van der Waals surface area contributed by atoms with Gasteiger partial charge in [0.15, 0.2) is 0 Å². The lowest BCUT2D eigenvalue weighted by Gasteiger charge is -2.08. The average molecular weight is 229 g/mol. The van der Waals surface area contributed by atoms with Crippen LogP contribution in [-0.4, -0.2) is 15.9 Å². The number of rotatable bonds is 3. The largest absolute Gasteiger partial charge is 0.324 e. The fraction of sp³-hybridized carbons (Fsp3) is 0.385. The molecule has 17 heavy (non-hydrogen) atoms. The number of hydrogen-bond acceptors (Lipinski definition) is 2. The Morgan fingerprint density at radius 2 is 2.24 bits per heavy atom. The second-order valence-electron chi connectivity index (χ2n) is 4.72. The molecule has 2 N–H and O–H groups in total. The van der Waals surface area contributed by atoms with Gasteiger partial charge >= 0.3 is 0 Å². The Labute approximate surface area is 99.4 Å². The zero-order chi connectivity index (χ0) is 11.8. The molecule has 1 atom stereocenters. The van der Waals surface area contributed by atoms with Crippen LogP contribution in [0.1, 0.15) is 19.8 Å². The van der Waals surface area contributed by atoms with Crippen LogP contribution in [0.4, 0.5) is 5.95 Å². The summed E-state index contributed by atoms with van der Waals surface area (Å²) in [6.45, 7) is 1.98. The number of fused-ring (bicyclic) bond motifs is 1. The minimum Gasteiger partial charge on any atom is -0.324 e. The number of nitrogens with one attached hydrogen (secondary N) is 2. The lowest BCUT2D eigenvalue weighted by molar-refractivity contribution is -0.120. The topological polar surface area (TPSA) is 57.8 Å². The zero-order valence-corrected chi connectivity index (χ0v) is 9.73. The quantitative estimate of drug-likeness (QED) is 0.849. The molecule has 0 radical (unpaired) electrons. The molecule has 4 heteroatoms. The number of anilines is 1. The van der Waals surface area contributed by atoms with Crippen molar-refractivity contribution < 1.29 is 4.79 Å². The van der Waals surface area contributed by atoms with Crippen LogP contribution in [-0.2, 0) is 4.79 Å². The summed E-state index contributed by atoms with van der Waals surface area (Å²) in [4.78, 5) is 19.3. The number of aromatic amines is 1. The van der Waals surface area contributed by atoms with Crippen molar-refractivity contribution in [1.82, 2.24) is 9.97 Å². The highest BCUT2D eigenvalue weighted by molar-refractivity contribution is 5.92. The van der Waals surface area contributed by atoms with Gasteiger partial charge in [-0.05, 0) is 30.9 Å². The number of H-pyrrole nitrogens is 1. The fourth-order valence-corrected chi connectivity index (χ4v) is 2.05. The van der Waals surface area contributed by atoms with Gasteiger partial charge in [0.25, 0.3) is 0 Å². The fourth-order valence-electron chi connectivity index (χ4n) is 2.05. The molecule has 0 bridgehead atoms. The smallest absolute Gasteiger partial charge is 0.229 e. The third kappa shape index (κ3) is 2.02. The van der Waals surface area contributed by atoms with Gasteiger partial charge in [0.05, 0.1) is 11.0 Å². The van der Waals surface area contributed by atoms with Crippen LogP contribution in [0.25, 0.3) is 11.0 Å². The van der Waals surface area contributed by atoms with Gasteiger partial charge in [-0.25, -0.2) is 4.98 Å². The second-order valence-corrected chi connectivity index (χ2v) is 4.72. The van der Waals surface area contributed by atoms with Gasteiger partial charge in [-0.3, -0.25) is 10.1 Å². The van der Waals surface area contributed by atoms with E-state index in [1.165, 1.54) is 12.8 Å². The molecular formula is C13H15N3O. The lowest BCUT2D eigenvalue weighted by Crippen LogP contribution is -2.22. The second kappa shape index (κ2) is 3.87. The van der Waals surface area contributed by atoms with E-state index in [9.17, 15) is 4.79 Å². The van der Waals surface area contributed by atoms with Crippen molar-refractivity contribution in [2.24, 2.45) is 11.8 Å². The lowest BCUT2D eigenvalue weighted by atomic mass is 10.1. The van der Waals surface area contributed by atoms with E-state index in [1.807, 2.05) is 31.2 Å². The SMILES string of the molecule is CC(C(=O)Nc1nc2ccccc2[nH]1)C1CC1. The Morgan fingerprint density at radius 3 is 2.94 bits per heavy atom. The maximum Gasteiger partial charge on any atom is 0.229 e. The van der Waals surface area contributed by atoms with Crippen LogP contribution in [0.3, 0.4) is 0 Å². The van der Waals surface area contributed by atoms with Crippen LogP contribution >= 0.6 is 0 Å². The van der Waals surface area contributed by atoms with Crippen molar-refractivity contribution >= 4 is 22.9 Å². The van der Waals surface area contributed by atoms with E-state index in [1.54, 1.807) is 0 Å². The van der Waals surface area contributed by atoms with Gasteiger partial charge in [0, 0.05) is 5.92 Å². The van der Waals surface area contributed by atoms with Crippen LogP contribution in [0.15, 0.2) is 24.3 Å². The van der Waals surface area contributed by atoms with Crippen molar-refractivity contribution in [2.75, 3.05) is 5.32 Å². The number of amides is 1. The first kappa shape index (κ1) is 10.3. The molecule has 1 aromatic carbocycles. The third-order valence-corrected chi connectivity index (χ3v) is 3.37. The predicted molar refractivity (Wildman–Crippen MR) is 66.6 cm³/mol. The summed E-state index contributed by atoms with van der Waals surface area (Å²) >= 11 is 0. The maximum atomic E-state index is 11.9. The summed E-state index contributed by atoms with van der Waals surface area (Å²) in [6, 6.07) is 7.74. The van der Waals surface area contributed by atoms with Crippen molar-refractivity contribution in [3.05, 3.63) is 24.3 Å². The Morgan fingerprint density at radius 1 is 1.47 bits per heavy atom. The van der Waals surface area contributed by atoms with E-state index in [0.29, 0.717) is 11.9 Å². The molecule has 1 unspecified atom stereocenters. The van der Waals surface area contributed by atoms with E-state index in [2.05, 4.69) is 15.3 Å². The van der Waals surface area contributed by atoms with E-state index in [0.717, 1.165) is 11.0 Å². The van der Waals surface area contributed by atoms with Crippen LogP contribution < -0.4 is 5.32 Å². The number of hydrogen-bond donors (Lipinski definition) is 2. The standard InChI is InChI=1S/C13H15N3O/c1-8(9-6-7-9)12(17)16-13-14-10-4-2-3-5-11(10)15-13/h2-5,8-9H,6-7H2,1H3,(H2,14,15,16,17). The number of nitrogens with zero attached hydrogens (tertiary/aromatic N) is 1. The Bertz CT molecular complexity index is 524. The van der Waals surface area contributed by atoms with E-state index in [-0.39, 0.29) is 11.8 Å². The van der Waals surface area contributed by atoms with Crippen molar-refractivity contribution in [2.45, 2.75) is 19.8 Å². The molecule has 0 aliphatic heterocycles. The van der Waals surface area contributed by atoms with Crippen LogP contribution in [0.5, 0.6) is 0 Å². The van der Waals surface area contributed by atoms with Crippen molar-refractivity contribution in [3.8, 4) is 0 Å². The summed E-state index contributed by atoms with van der Waals surface area (Å²) in [5.41, 5.74) is 1.82. The summed E-state index contributed by atoms with van der Waals surface area (Å²) in [6.07, 6.45) is 2.35. The first-order valence-electron chi connectivity index (χ1n) is 5.99. The summed E-state index contributed by atoms with van der Waals surface area (Å²) in [5.74, 6) is 1.26. The number of aromatic nitrogens is 2. The van der Waals surface area contributed by atoms with Gasteiger partial charge in [0.1, 0.15) is 0 Å². The molecule has 1 aliphatic carbocycles. The number of benzene rings is 1. The van der Waals surface area contributed by atoms with Gasteiger partial charge in [-0.2, -0.15) is 0 Å². The number of imidazole rings is 1. The molecule has 2 aromatic rings. The monoisotopic (exact) mass is 229 g/mol. The summed E-state index contributed by atoms with van der Waals surface area (Å²) < 4.78 is 0. The molecule has 1 aromatic heterocycles. The van der Waals surface area contributed by atoms with E-state index in [4.69, 9.17) is 0 Å². The normalized spacial score (nSPS) is 17.0. The predicted octanol–water partition coefficient (Wildman–Crippen LogP) is 2.55. The van der Waals surface area contributed by atoms with Crippen LogP contribution in [0, 0.1) is 11.8 Å². The minimum absolute atomic E-state index is 0.0616. The molecule has 4 nitrogen and oxygen atoms in total. The highest BCUT2D eigenvalue weighted by Crippen LogP contribution is 2.36. The molecule has 0 saturated heterocycles. The summed E-state index contributed by atoms with van der Waals surface area (Å²) in [5, 5.41) is 2.85. The average Bonchev–Trinajstić information content (AvgIpc) is 3.08. The molecule has 3 rings (SSSR count). The van der Waals surface area contributed by atoms with E-state index < -0.39 is 0 Å². The Kier molecular flexibility index (Phi) is 2.35. The van der Waals surface area contributed by atoms with Gasteiger partial charge < -0.3 is 4.98 Å². The van der Waals surface area contributed by atoms with E-state index >= 15 is 0 Å². The van der Waals surface area contributed by atoms with Gasteiger partial charge in [0.2, 0.25) is 11.9 Å². The minimum atomic E-state index is 0.0616. The number of carbonyl (C=O) groups is 1. The Hall–Kier alpha value is -1.84.